The fraction of sp³-hybridized carbons (Fsp3) is 0.615. The van der Waals surface area contributed by atoms with Crippen molar-refractivity contribution < 1.29 is 4.79 Å². The van der Waals surface area contributed by atoms with Gasteiger partial charge < -0.3 is 0 Å². The van der Waals surface area contributed by atoms with Crippen LogP contribution in [0.15, 0.2) is 24.3 Å². The van der Waals surface area contributed by atoms with E-state index in [-0.39, 0.29) is 0 Å². The second kappa shape index (κ2) is 12.2. The predicted molar refractivity (Wildman–Crippen MR) is 62.3 cm³/mol. The van der Waals surface area contributed by atoms with Crippen molar-refractivity contribution in [3.8, 4) is 0 Å². The summed E-state index contributed by atoms with van der Waals surface area (Å²) in [7, 11) is 0. The molecule has 0 aromatic carbocycles. The van der Waals surface area contributed by atoms with Gasteiger partial charge in [-0.15, -0.1) is 0 Å². The molecule has 14 heavy (non-hydrogen) atoms. The van der Waals surface area contributed by atoms with Gasteiger partial charge in [0.05, 0.1) is 0 Å². The van der Waals surface area contributed by atoms with Crippen molar-refractivity contribution in [1.29, 1.82) is 0 Å². The molecule has 0 saturated carbocycles. The molecule has 0 atom stereocenters. The number of carbonyl (C=O) groups excluding carboxylic acids is 1. The Morgan fingerprint density at radius 1 is 0.857 bits per heavy atom. The van der Waals surface area contributed by atoms with Crippen molar-refractivity contribution in [3.05, 3.63) is 24.3 Å². The Morgan fingerprint density at radius 2 is 1.50 bits per heavy atom. The van der Waals surface area contributed by atoms with Gasteiger partial charge in [-0.05, 0) is 38.2 Å². The van der Waals surface area contributed by atoms with Crippen LogP contribution < -0.4 is 0 Å². The lowest BCUT2D eigenvalue weighted by atomic mass is 10.1. The fourth-order valence-corrected chi connectivity index (χ4v) is 1.31. The van der Waals surface area contributed by atoms with Gasteiger partial charge >= 0.3 is 0 Å². The maximum atomic E-state index is 9.95. The Bertz CT molecular complexity index is 168. The van der Waals surface area contributed by atoms with Crippen LogP contribution in [-0.2, 0) is 4.79 Å². The minimum Gasteiger partial charge on any atom is -0.299 e. The minimum absolute atomic E-state index is 0.843. The number of hydrogen-bond donors (Lipinski definition) is 0. The van der Waals surface area contributed by atoms with E-state index in [2.05, 4.69) is 19.1 Å². The van der Waals surface area contributed by atoms with Gasteiger partial charge in [0.15, 0.2) is 0 Å². The van der Waals surface area contributed by atoms with Crippen LogP contribution in [0.25, 0.3) is 0 Å². The molecule has 0 aliphatic carbocycles. The van der Waals surface area contributed by atoms with Gasteiger partial charge in [0, 0.05) is 0 Å². The molecule has 0 bridgehead atoms. The Hall–Kier alpha value is -0.850. The monoisotopic (exact) mass is 194 g/mol. The molecular formula is C13H22O. The Kier molecular flexibility index (Phi) is 11.4. The van der Waals surface area contributed by atoms with Crippen molar-refractivity contribution >= 4 is 6.29 Å². The van der Waals surface area contributed by atoms with E-state index < -0.39 is 0 Å². The molecule has 0 heterocycles. The average molecular weight is 194 g/mol. The number of unbranched alkanes of at least 4 members (excludes halogenated alkanes) is 5. The predicted octanol–water partition coefficient (Wildman–Crippen LogP) is 4.05. The molecule has 0 radical (unpaired) electrons. The number of rotatable bonds is 9. The van der Waals surface area contributed by atoms with Crippen molar-refractivity contribution in [2.75, 3.05) is 0 Å². The van der Waals surface area contributed by atoms with Crippen LogP contribution in [0.2, 0.25) is 0 Å². The maximum Gasteiger partial charge on any atom is 0.142 e. The molecule has 0 spiro atoms. The Balaban J connectivity index is 3.02. The van der Waals surface area contributed by atoms with E-state index in [4.69, 9.17) is 0 Å². The van der Waals surface area contributed by atoms with Crippen molar-refractivity contribution in [1.82, 2.24) is 0 Å². The molecule has 0 rings (SSSR count). The highest BCUT2D eigenvalue weighted by Gasteiger charge is 1.86. The van der Waals surface area contributed by atoms with E-state index in [1.54, 1.807) is 6.08 Å². The largest absolute Gasteiger partial charge is 0.299 e. The molecule has 80 valence electrons. The van der Waals surface area contributed by atoms with Crippen LogP contribution in [0.1, 0.15) is 51.9 Å². The molecule has 0 aliphatic rings. The molecule has 0 aromatic heterocycles. The highest BCUT2D eigenvalue weighted by atomic mass is 16.1. The molecule has 0 aliphatic heterocycles. The molecule has 1 nitrogen and oxygen atoms in total. The minimum atomic E-state index is 0.843. The zero-order chi connectivity index (χ0) is 10.5. The third-order valence-electron chi connectivity index (χ3n) is 2.11. The third-order valence-corrected chi connectivity index (χ3v) is 2.11. The number of aldehydes is 1. The average Bonchev–Trinajstić information content (AvgIpc) is 2.21. The standard InChI is InChI=1S/C13H22O/c1-2-3-4-5-6-7-8-9-10-11-12-13-14/h3-4,11-13H,2,5-10H2,1H3/b4-3?,12-11-. The first kappa shape index (κ1) is 13.2. The highest BCUT2D eigenvalue weighted by Crippen LogP contribution is 2.06. The van der Waals surface area contributed by atoms with Gasteiger partial charge in [-0.25, -0.2) is 0 Å². The van der Waals surface area contributed by atoms with Gasteiger partial charge in [0.2, 0.25) is 0 Å². The first-order chi connectivity index (χ1) is 6.91. The smallest absolute Gasteiger partial charge is 0.142 e. The van der Waals surface area contributed by atoms with Gasteiger partial charge in [-0.2, -0.15) is 0 Å². The van der Waals surface area contributed by atoms with E-state index in [1.807, 2.05) is 6.08 Å². The highest BCUT2D eigenvalue weighted by molar-refractivity contribution is 5.64. The molecular weight excluding hydrogens is 172 g/mol. The number of hydrogen-bond acceptors (Lipinski definition) is 1. The van der Waals surface area contributed by atoms with Gasteiger partial charge in [0.1, 0.15) is 6.29 Å². The molecule has 1 heteroatoms. The van der Waals surface area contributed by atoms with Gasteiger partial charge in [-0.1, -0.05) is 38.0 Å². The van der Waals surface area contributed by atoms with E-state index in [9.17, 15) is 4.79 Å². The summed E-state index contributed by atoms with van der Waals surface area (Å²) in [6.07, 6.45) is 17.4. The topological polar surface area (TPSA) is 17.1 Å². The normalized spacial score (nSPS) is 11.5. The molecule has 0 fully saturated rings. The Morgan fingerprint density at radius 3 is 2.07 bits per heavy atom. The SMILES string of the molecule is CCC=CCCCCCC/C=C\C=O. The van der Waals surface area contributed by atoms with Gasteiger partial charge in [-0.3, -0.25) is 4.79 Å². The molecule has 0 unspecified atom stereocenters. The van der Waals surface area contributed by atoms with Crippen LogP contribution in [0.3, 0.4) is 0 Å². The lowest BCUT2D eigenvalue weighted by Gasteiger charge is -1.96. The van der Waals surface area contributed by atoms with E-state index >= 15 is 0 Å². The Labute approximate surface area is 87.9 Å². The summed E-state index contributed by atoms with van der Waals surface area (Å²) in [6, 6.07) is 0. The second-order valence-electron chi connectivity index (χ2n) is 3.44. The van der Waals surface area contributed by atoms with Crippen LogP contribution in [0.5, 0.6) is 0 Å². The molecule has 0 aromatic rings. The van der Waals surface area contributed by atoms with Crippen LogP contribution in [0.4, 0.5) is 0 Å². The van der Waals surface area contributed by atoms with E-state index in [0.29, 0.717) is 0 Å². The summed E-state index contributed by atoms with van der Waals surface area (Å²) < 4.78 is 0. The second-order valence-corrected chi connectivity index (χ2v) is 3.44. The summed E-state index contributed by atoms with van der Waals surface area (Å²) in [5.41, 5.74) is 0. The fourth-order valence-electron chi connectivity index (χ4n) is 1.31. The van der Waals surface area contributed by atoms with E-state index in [1.165, 1.54) is 32.1 Å². The van der Waals surface area contributed by atoms with Crippen molar-refractivity contribution in [3.63, 3.8) is 0 Å². The maximum absolute atomic E-state index is 9.95. The van der Waals surface area contributed by atoms with Crippen LogP contribution in [-0.4, -0.2) is 6.29 Å². The third kappa shape index (κ3) is 11.2. The molecule has 0 N–H and O–H groups in total. The quantitative estimate of drug-likeness (QED) is 0.234. The number of carbonyl (C=O) groups is 1. The summed E-state index contributed by atoms with van der Waals surface area (Å²) >= 11 is 0. The molecule has 0 saturated heterocycles. The first-order valence-electron chi connectivity index (χ1n) is 5.67. The van der Waals surface area contributed by atoms with Crippen LogP contribution in [0, 0.1) is 0 Å². The zero-order valence-corrected chi connectivity index (χ0v) is 9.24. The first-order valence-corrected chi connectivity index (χ1v) is 5.67. The van der Waals surface area contributed by atoms with Gasteiger partial charge in [0.25, 0.3) is 0 Å². The summed E-state index contributed by atoms with van der Waals surface area (Å²) in [6.45, 7) is 2.16. The summed E-state index contributed by atoms with van der Waals surface area (Å²) in [5.74, 6) is 0. The molecule has 0 amide bonds. The summed E-state index contributed by atoms with van der Waals surface area (Å²) in [5, 5.41) is 0. The van der Waals surface area contributed by atoms with Crippen molar-refractivity contribution in [2.24, 2.45) is 0 Å². The van der Waals surface area contributed by atoms with E-state index in [0.717, 1.165) is 19.1 Å². The summed E-state index contributed by atoms with van der Waals surface area (Å²) in [4.78, 5) is 9.95. The zero-order valence-electron chi connectivity index (χ0n) is 9.24. The van der Waals surface area contributed by atoms with Crippen molar-refractivity contribution in [2.45, 2.75) is 51.9 Å². The lowest BCUT2D eigenvalue weighted by Crippen LogP contribution is -1.76. The number of allylic oxidation sites excluding steroid dienone is 4. The van der Waals surface area contributed by atoms with Crippen LogP contribution >= 0.6 is 0 Å². The lowest BCUT2D eigenvalue weighted by molar-refractivity contribution is -0.104.